The molecule has 18 heavy (non-hydrogen) atoms. The molecule has 0 atom stereocenters. The van der Waals surface area contributed by atoms with Gasteiger partial charge in [-0.05, 0) is 38.1 Å². The Morgan fingerprint density at radius 2 is 2.00 bits per heavy atom. The number of nitrogens with zero attached hydrogens (tertiary/aromatic N) is 1. The minimum absolute atomic E-state index is 0.0759. The summed E-state index contributed by atoms with van der Waals surface area (Å²) >= 11 is 4.96. The largest absolute Gasteiger partial charge is 0.346 e. The van der Waals surface area contributed by atoms with Crippen LogP contribution in [0.3, 0.4) is 0 Å². The van der Waals surface area contributed by atoms with Crippen LogP contribution in [0.25, 0.3) is 0 Å². The van der Waals surface area contributed by atoms with Crippen LogP contribution in [0.5, 0.6) is 0 Å². The molecule has 1 heterocycles. The number of benzene rings is 1. The third-order valence-electron chi connectivity index (χ3n) is 2.58. The summed E-state index contributed by atoms with van der Waals surface area (Å²) in [6.45, 7) is 4.49. The second-order valence-corrected chi connectivity index (χ2v) is 6.14. The number of nitrogens with one attached hydrogen (secondary N) is 1. The average molecular weight is 325 g/mol. The molecule has 0 bridgehead atoms. The fourth-order valence-electron chi connectivity index (χ4n) is 1.47. The highest BCUT2D eigenvalue weighted by molar-refractivity contribution is 9.10. The molecule has 1 amide bonds. The predicted molar refractivity (Wildman–Crippen MR) is 76.9 cm³/mol. The Balaban J connectivity index is 1.98. The molecule has 1 aromatic carbocycles. The van der Waals surface area contributed by atoms with Crippen LogP contribution in [0.4, 0.5) is 0 Å². The van der Waals surface area contributed by atoms with E-state index in [1.807, 2.05) is 26.0 Å². The molecule has 1 aromatic heterocycles. The molecule has 0 aliphatic heterocycles. The van der Waals surface area contributed by atoms with Crippen molar-refractivity contribution in [2.24, 2.45) is 0 Å². The lowest BCUT2D eigenvalue weighted by Gasteiger charge is -2.03. The van der Waals surface area contributed by atoms with Gasteiger partial charge >= 0.3 is 0 Å². The fraction of sp³-hybridized carbons (Fsp3) is 0.231. The summed E-state index contributed by atoms with van der Waals surface area (Å²) in [6.07, 6.45) is 0. The third-order valence-corrected chi connectivity index (χ3v) is 4.18. The van der Waals surface area contributed by atoms with Gasteiger partial charge in [0.2, 0.25) is 0 Å². The molecule has 0 aliphatic carbocycles. The van der Waals surface area contributed by atoms with E-state index in [0.29, 0.717) is 12.1 Å². The molecule has 3 nitrogen and oxygen atoms in total. The molecule has 2 aromatic rings. The van der Waals surface area contributed by atoms with Crippen LogP contribution in [0.15, 0.2) is 28.7 Å². The van der Waals surface area contributed by atoms with Gasteiger partial charge in [0.15, 0.2) is 0 Å². The number of aromatic nitrogens is 1. The Hall–Kier alpha value is -1.20. The molecule has 0 radical (unpaired) electrons. The topological polar surface area (TPSA) is 42.0 Å². The summed E-state index contributed by atoms with van der Waals surface area (Å²) in [5, 5.41) is 3.81. The van der Waals surface area contributed by atoms with Gasteiger partial charge < -0.3 is 5.32 Å². The van der Waals surface area contributed by atoms with Gasteiger partial charge in [-0.2, -0.15) is 0 Å². The van der Waals surface area contributed by atoms with E-state index in [2.05, 4.69) is 26.2 Å². The van der Waals surface area contributed by atoms with E-state index in [-0.39, 0.29) is 5.91 Å². The number of hydrogen-bond acceptors (Lipinski definition) is 3. The molecule has 0 spiro atoms. The van der Waals surface area contributed by atoms with Crippen LogP contribution in [-0.4, -0.2) is 10.9 Å². The normalized spacial score (nSPS) is 10.4. The highest BCUT2D eigenvalue weighted by Gasteiger charge is 2.07. The van der Waals surface area contributed by atoms with E-state index in [4.69, 9.17) is 0 Å². The zero-order valence-corrected chi connectivity index (χ0v) is 12.6. The van der Waals surface area contributed by atoms with Gasteiger partial charge in [-0.15, -0.1) is 11.3 Å². The number of rotatable bonds is 3. The zero-order chi connectivity index (χ0) is 13.1. The number of amides is 1. The van der Waals surface area contributed by atoms with Crippen molar-refractivity contribution in [1.29, 1.82) is 0 Å². The molecular formula is C13H13BrN2OS. The van der Waals surface area contributed by atoms with Gasteiger partial charge in [-0.25, -0.2) is 4.98 Å². The van der Waals surface area contributed by atoms with Crippen molar-refractivity contribution in [3.05, 3.63) is 49.9 Å². The average Bonchev–Trinajstić information content (AvgIpc) is 2.67. The number of halogens is 1. The third kappa shape index (κ3) is 3.17. The summed E-state index contributed by atoms with van der Waals surface area (Å²) < 4.78 is 0.963. The van der Waals surface area contributed by atoms with Crippen molar-refractivity contribution in [3.63, 3.8) is 0 Å². The first kappa shape index (κ1) is 13.2. The first-order valence-corrected chi connectivity index (χ1v) is 7.14. The molecule has 1 N–H and O–H groups in total. The van der Waals surface area contributed by atoms with Crippen LogP contribution in [0.2, 0.25) is 0 Å². The van der Waals surface area contributed by atoms with Crippen molar-refractivity contribution >= 4 is 33.2 Å². The van der Waals surface area contributed by atoms with E-state index in [1.165, 1.54) is 4.88 Å². The first-order valence-electron chi connectivity index (χ1n) is 5.53. The van der Waals surface area contributed by atoms with Crippen LogP contribution >= 0.6 is 27.3 Å². The molecule has 0 unspecified atom stereocenters. The molecule has 0 saturated heterocycles. The van der Waals surface area contributed by atoms with E-state index in [1.54, 1.807) is 23.5 Å². The van der Waals surface area contributed by atoms with Gasteiger partial charge in [0, 0.05) is 14.9 Å². The van der Waals surface area contributed by atoms with Gasteiger partial charge in [0.25, 0.3) is 5.91 Å². The maximum absolute atomic E-state index is 11.9. The number of carbonyl (C=O) groups excluding carboxylic acids is 1. The monoisotopic (exact) mass is 324 g/mol. The van der Waals surface area contributed by atoms with Crippen LogP contribution in [0.1, 0.15) is 25.9 Å². The highest BCUT2D eigenvalue weighted by atomic mass is 79.9. The van der Waals surface area contributed by atoms with E-state index >= 15 is 0 Å². The Kier molecular flexibility index (Phi) is 4.14. The first-order chi connectivity index (χ1) is 8.56. The smallest absolute Gasteiger partial charge is 0.251 e. The van der Waals surface area contributed by atoms with Crippen molar-refractivity contribution in [1.82, 2.24) is 10.3 Å². The molecule has 0 fully saturated rings. The van der Waals surface area contributed by atoms with Gasteiger partial charge in [-0.1, -0.05) is 15.9 Å². The van der Waals surface area contributed by atoms with E-state index in [9.17, 15) is 4.79 Å². The van der Waals surface area contributed by atoms with Crippen molar-refractivity contribution in [2.45, 2.75) is 20.4 Å². The number of aryl methyl sites for hydroxylation is 2. The minimum atomic E-state index is -0.0759. The standard InChI is InChI=1S/C13H13BrN2OS/c1-8-9(2)18-12(16-8)7-15-13(17)10-3-5-11(14)6-4-10/h3-6H,7H2,1-2H3,(H,15,17). The lowest BCUT2D eigenvalue weighted by atomic mass is 10.2. The summed E-state index contributed by atoms with van der Waals surface area (Å²) in [4.78, 5) is 17.5. The lowest BCUT2D eigenvalue weighted by Crippen LogP contribution is -2.22. The maximum Gasteiger partial charge on any atom is 0.251 e. The number of hydrogen-bond donors (Lipinski definition) is 1. The Morgan fingerprint density at radius 3 is 2.56 bits per heavy atom. The lowest BCUT2D eigenvalue weighted by molar-refractivity contribution is 0.0951. The van der Waals surface area contributed by atoms with Crippen LogP contribution in [0, 0.1) is 13.8 Å². The SMILES string of the molecule is Cc1nc(CNC(=O)c2ccc(Br)cc2)sc1C. The summed E-state index contributed by atoms with van der Waals surface area (Å²) in [6, 6.07) is 7.29. The van der Waals surface area contributed by atoms with Crippen molar-refractivity contribution in [2.75, 3.05) is 0 Å². The Bertz CT molecular complexity index is 543. The molecule has 0 aliphatic rings. The van der Waals surface area contributed by atoms with Gasteiger partial charge in [-0.3, -0.25) is 4.79 Å². The number of carbonyl (C=O) groups is 1. The van der Waals surface area contributed by atoms with Gasteiger partial charge in [0.05, 0.1) is 12.2 Å². The van der Waals surface area contributed by atoms with E-state index in [0.717, 1.165) is 15.2 Å². The molecule has 0 saturated carbocycles. The predicted octanol–water partition coefficient (Wildman–Crippen LogP) is 3.45. The summed E-state index contributed by atoms with van der Waals surface area (Å²) in [5.74, 6) is -0.0759. The Morgan fingerprint density at radius 1 is 1.33 bits per heavy atom. The molecule has 2 rings (SSSR count). The molecule has 94 valence electrons. The fourth-order valence-corrected chi connectivity index (χ4v) is 2.61. The van der Waals surface area contributed by atoms with Crippen molar-refractivity contribution < 1.29 is 4.79 Å². The highest BCUT2D eigenvalue weighted by Crippen LogP contribution is 2.16. The van der Waals surface area contributed by atoms with Crippen LogP contribution in [-0.2, 0) is 6.54 Å². The molecule has 5 heteroatoms. The number of thiazole rings is 1. The second-order valence-electron chi connectivity index (χ2n) is 3.94. The second kappa shape index (κ2) is 5.63. The van der Waals surface area contributed by atoms with Crippen molar-refractivity contribution in [3.8, 4) is 0 Å². The quantitative estimate of drug-likeness (QED) is 0.939. The maximum atomic E-state index is 11.9. The summed E-state index contributed by atoms with van der Waals surface area (Å²) in [5.41, 5.74) is 1.69. The molecular weight excluding hydrogens is 312 g/mol. The van der Waals surface area contributed by atoms with E-state index < -0.39 is 0 Å². The van der Waals surface area contributed by atoms with Crippen LogP contribution < -0.4 is 5.32 Å². The summed E-state index contributed by atoms with van der Waals surface area (Å²) in [7, 11) is 0. The Labute approximate surface area is 118 Å². The zero-order valence-electron chi connectivity index (χ0n) is 10.2. The van der Waals surface area contributed by atoms with Gasteiger partial charge in [0.1, 0.15) is 5.01 Å². The minimum Gasteiger partial charge on any atom is -0.346 e.